The topological polar surface area (TPSA) is 74.6 Å². The quantitative estimate of drug-likeness (QED) is 0.619. The van der Waals surface area contributed by atoms with Crippen molar-refractivity contribution in [1.29, 1.82) is 0 Å². The lowest BCUT2D eigenvalue weighted by molar-refractivity contribution is -0.137. The molecule has 0 unspecified atom stereocenters. The van der Waals surface area contributed by atoms with E-state index in [1.807, 2.05) is 0 Å². The third-order valence-corrected chi connectivity index (χ3v) is 0.656. The Balaban J connectivity index is 5.22. The van der Waals surface area contributed by atoms with Crippen LogP contribution in [0.15, 0.2) is 0 Å². The smallest absolute Gasteiger partial charge is 0.303 e. The average molecular weight is 166 g/mol. The van der Waals surface area contributed by atoms with E-state index in [9.17, 15) is 9.59 Å². The van der Waals surface area contributed by atoms with E-state index in [1.165, 1.54) is 0 Å². The SMILES string of the molecule is [2H]C([2H])(CC(=O)O)C([2H])([2H])C([2H])([2H])CC(=O)O. The van der Waals surface area contributed by atoms with Gasteiger partial charge >= 0.3 is 11.9 Å². The van der Waals surface area contributed by atoms with Crippen LogP contribution in [0.5, 0.6) is 0 Å². The molecule has 64 valence electrons. The summed E-state index contributed by atoms with van der Waals surface area (Å²) in [5.41, 5.74) is 0. The van der Waals surface area contributed by atoms with E-state index in [-0.39, 0.29) is 0 Å². The van der Waals surface area contributed by atoms with Crippen LogP contribution in [0.3, 0.4) is 0 Å². The molecule has 0 atom stereocenters. The van der Waals surface area contributed by atoms with Gasteiger partial charge in [0.2, 0.25) is 0 Å². The largest absolute Gasteiger partial charge is 0.481 e. The van der Waals surface area contributed by atoms with Gasteiger partial charge in [0.05, 0.1) is 0 Å². The third kappa shape index (κ3) is 8.94. The van der Waals surface area contributed by atoms with E-state index < -0.39 is 43.9 Å². The summed E-state index contributed by atoms with van der Waals surface area (Å²) in [6.07, 6.45) is -11.8. The Hall–Kier alpha value is -1.06. The van der Waals surface area contributed by atoms with E-state index in [4.69, 9.17) is 18.4 Å². The highest BCUT2D eigenvalue weighted by Gasteiger charge is 1.98. The molecule has 0 amide bonds. The first kappa shape index (κ1) is 3.56. The van der Waals surface area contributed by atoms with Crippen molar-refractivity contribution in [3.05, 3.63) is 0 Å². The lowest BCUT2D eigenvalue weighted by atomic mass is 10.1. The number of rotatable bonds is 6. The highest BCUT2D eigenvalue weighted by Crippen LogP contribution is 2.02. The molecule has 0 saturated heterocycles. The Kier molecular flexibility index (Phi) is 1.85. The van der Waals surface area contributed by atoms with E-state index in [0.717, 1.165) is 0 Å². The van der Waals surface area contributed by atoms with Crippen molar-refractivity contribution >= 4 is 11.9 Å². The molecule has 0 aromatic carbocycles. The van der Waals surface area contributed by atoms with Gasteiger partial charge in [0, 0.05) is 21.1 Å². The van der Waals surface area contributed by atoms with Gasteiger partial charge in [0.15, 0.2) is 0 Å². The summed E-state index contributed by atoms with van der Waals surface area (Å²) >= 11 is 0. The second-order valence-electron chi connectivity index (χ2n) is 1.62. The van der Waals surface area contributed by atoms with Gasteiger partial charge in [0.1, 0.15) is 0 Å². The summed E-state index contributed by atoms with van der Waals surface area (Å²) < 4.78 is 43.6. The molecule has 2 N–H and O–H groups in total. The van der Waals surface area contributed by atoms with E-state index in [0.29, 0.717) is 0 Å². The molecular weight excluding hydrogens is 148 g/mol. The summed E-state index contributed by atoms with van der Waals surface area (Å²) in [5.74, 6) is -3.27. The normalized spacial score (nSPS) is 21.5. The van der Waals surface area contributed by atoms with Crippen LogP contribution in [0.4, 0.5) is 0 Å². The monoisotopic (exact) mass is 166 g/mol. The molecule has 0 radical (unpaired) electrons. The van der Waals surface area contributed by atoms with Crippen LogP contribution >= 0.6 is 0 Å². The maximum atomic E-state index is 10.4. The number of carbonyl (C=O) groups is 2. The van der Waals surface area contributed by atoms with Crippen molar-refractivity contribution in [1.82, 2.24) is 0 Å². The molecule has 0 aliphatic heterocycles. The van der Waals surface area contributed by atoms with Gasteiger partial charge in [0.25, 0.3) is 0 Å². The molecule has 0 aliphatic carbocycles. The fraction of sp³-hybridized carbons (Fsp3) is 0.714. The highest BCUT2D eigenvalue weighted by molar-refractivity contribution is 5.67. The summed E-state index contributed by atoms with van der Waals surface area (Å²) in [6, 6.07) is 0. The molecule has 0 aromatic rings. The summed E-state index contributed by atoms with van der Waals surface area (Å²) in [5, 5.41) is 16.8. The Bertz CT molecular complexity index is 296. The molecule has 0 spiro atoms. The number of hydrogen-bond donors (Lipinski definition) is 2. The Labute approximate surface area is 73.3 Å². The van der Waals surface area contributed by atoms with Crippen molar-refractivity contribution in [2.75, 3.05) is 0 Å². The highest BCUT2D eigenvalue weighted by atomic mass is 16.4. The van der Waals surface area contributed by atoms with Crippen LogP contribution < -0.4 is 0 Å². The lowest BCUT2D eigenvalue weighted by Crippen LogP contribution is -1.96. The van der Waals surface area contributed by atoms with Crippen molar-refractivity contribution in [2.45, 2.75) is 32.0 Å². The first-order chi connectivity index (χ1) is 7.33. The van der Waals surface area contributed by atoms with Crippen molar-refractivity contribution in [3.63, 3.8) is 0 Å². The zero-order chi connectivity index (χ0) is 14.1. The van der Waals surface area contributed by atoms with Gasteiger partial charge in [-0.25, -0.2) is 0 Å². The van der Waals surface area contributed by atoms with Gasteiger partial charge in [-0.1, -0.05) is 6.37 Å². The Morgan fingerprint density at radius 1 is 1.00 bits per heavy atom. The minimum Gasteiger partial charge on any atom is -0.481 e. The lowest BCUT2D eigenvalue weighted by Gasteiger charge is -1.94. The fourth-order valence-electron chi connectivity index (χ4n) is 0.302. The number of carboxylic acids is 2. The molecule has 0 aromatic heterocycles. The van der Waals surface area contributed by atoms with Crippen molar-refractivity contribution in [3.8, 4) is 0 Å². The van der Waals surface area contributed by atoms with E-state index in [2.05, 4.69) is 0 Å². The fourth-order valence-corrected chi connectivity index (χ4v) is 0.302. The first-order valence-corrected chi connectivity index (χ1v) is 2.77. The van der Waals surface area contributed by atoms with E-state index in [1.54, 1.807) is 0 Å². The van der Waals surface area contributed by atoms with Crippen LogP contribution in [0.1, 0.15) is 40.2 Å². The van der Waals surface area contributed by atoms with Crippen LogP contribution in [-0.2, 0) is 9.59 Å². The first-order valence-electron chi connectivity index (χ1n) is 5.77. The van der Waals surface area contributed by atoms with Crippen LogP contribution in [0, 0.1) is 0 Å². The number of carboxylic acid groups (broad SMARTS) is 2. The second kappa shape index (κ2) is 5.70. The van der Waals surface area contributed by atoms with Crippen LogP contribution in [0.2, 0.25) is 0 Å². The second-order valence-corrected chi connectivity index (χ2v) is 1.62. The minimum absolute atomic E-state index is 1.25. The zero-order valence-corrected chi connectivity index (χ0v) is 5.63. The van der Waals surface area contributed by atoms with Crippen molar-refractivity contribution in [2.24, 2.45) is 0 Å². The minimum atomic E-state index is -3.24. The van der Waals surface area contributed by atoms with Gasteiger partial charge in [-0.3, -0.25) is 9.59 Å². The molecule has 0 heterocycles. The van der Waals surface area contributed by atoms with Crippen LogP contribution in [0.25, 0.3) is 0 Å². The molecule has 4 nitrogen and oxygen atoms in total. The summed E-state index contributed by atoms with van der Waals surface area (Å²) in [4.78, 5) is 20.7. The molecule has 11 heavy (non-hydrogen) atoms. The summed E-state index contributed by atoms with van der Waals surface area (Å²) in [6.45, 7) is 0. The Morgan fingerprint density at radius 3 is 1.64 bits per heavy atom. The molecule has 0 fully saturated rings. The molecule has 0 bridgehead atoms. The van der Waals surface area contributed by atoms with Gasteiger partial charge < -0.3 is 10.2 Å². The van der Waals surface area contributed by atoms with Gasteiger partial charge in [-0.05, 0) is 12.7 Å². The Morgan fingerprint density at radius 2 is 1.36 bits per heavy atom. The van der Waals surface area contributed by atoms with Crippen LogP contribution in [-0.4, -0.2) is 22.2 Å². The van der Waals surface area contributed by atoms with Gasteiger partial charge in [-0.2, -0.15) is 0 Å². The molecule has 0 rings (SSSR count). The molecule has 0 aliphatic rings. The zero-order valence-electron chi connectivity index (χ0n) is 11.6. The standard InChI is InChI=1S/C7H12O4/c8-6(9)4-2-1-3-5-7(10)11/h1-5H2,(H,8,9)(H,10,11)/i1D2,2D2,3D2. The van der Waals surface area contributed by atoms with E-state index >= 15 is 0 Å². The summed E-state index contributed by atoms with van der Waals surface area (Å²) in [7, 11) is 0. The molecule has 4 heteroatoms. The predicted molar refractivity (Wildman–Crippen MR) is 38.4 cm³/mol. The number of hydrogen-bond acceptors (Lipinski definition) is 2. The van der Waals surface area contributed by atoms with Crippen molar-refractivity contribution < 1.29 is 28.0 Å². The average Bonchev–Trinajstić information content (AvgIpc) is 1.97. The maximum Gasteiger partial charge on any atom is 0.303 e. The van der Waals surface area contributed by atoms with Gasteiger partial charge in [-0.15, -0.1) is 0 Å². The molecule has 0 saturated carbocycles. The molecular formula is C7H12O4. The third-order valence-electron chi connectivity index (χ3n) is 0.656. The number of aliphatic carboxylic acids is 2. The maximum absolute atomic E-state index is 10.4. The predicted octanol–water partition coefficient (Wildman–Crippen LogP) is 1.11.